The normalized spacial score (nSPS) is 16.7. The van der Waals surface area contributed by atoms with Gasteiger partial charge in [0.15, 0.2) is 5.82 Å². The fourth-order valence-corrected chi connectivity index (χ4v) is 4.82. The first kappa shape index (κ1) is 19.9. The van der Waals surface area contributed by atoms with Gasteiger partial charge in [-0.3, -0.25) is 0 Å². The van der Waals surface area contributed by atoms with E-state index in [4.69, 9.17) is 19.2 Å². The van der Waals surface area contributed by atoms with Crippen LogP contribution in [0.15, 0.2) is 53.2 Å². The Labute approximate surface area is 191 Å². The molecule has 1 fully saturated rings. The second-order valence-electron chi connectivity index (χ2n) is 8.66. The molecule has 5 aromatic rings. The fraction of sp³-hybridized carbons (Fsp3) is 0.269. The zero-order valence-corrected chi connectivity index (χ0v) is 18.9. The smallest absolute Gasteiger partial charge is 0.162 e. The summed E-state index contributed by atoms with van der Waals surface area (Å²) >= 11 is 0. The molecule has 1 N–H and O–H groups in total. The number of hydrogen-bond donors (Lipinski definition) is 1. The van der Waals surface area contributed by atoms with E-state index in [0.717, 1.165) is 68.1 Å². The molecule has 1 aliphatic heterocycles. The van der Waals surface area contributed by atoms with Gasteiger partial charge in [0, 0.05) is 40.2 Å². The van der Waals surface area contributed by atoms with Gasteiger partial charge in [-0.1, -0.05) is 23.4 Å². The molecule has 7 heteroatoms. The number of nitrogens with zero attached hydrogens (tertiary/aromatic N) is 4. The molecule has 1 saturated heterocycles. The van der Waals surface area contributed by atoms with Crippen LogP contribution in [0.25, 0.3) is 44.3 Å². The SMILES string of the molecule is Cc1noc(C)c1-c1ccc2nc(-c3cccc4[nH]ccc34)nc(N3CCOC[C@H]3C)c2c1. The van der Waals surface area contributed by atoms with Gasteiger partial charge in [0.2, 0.25) is 0 Å². The van der Waals surface area contributed by atoms with Crippen molar-refractivity contribution < 1.29 is 9.26 Å². The highest BCUT2D eigenvalue weighted by Crippen LogP contribution is 2.36. The van der Waals surface area contributed by atoms with E-state index in [0.29, 0.717) is 13.2 Å². The lowest BCUT2D eigenvalue weighted by Gasteiger charge is -2.35. The number of H-pyrrole nitrogens is 1. The minimum Gasteiger partial charge on any atom is -0.377 e. The van der Waals surface area contributed by atoms with Crippen molar-refractivity contribution in [2.45, 2.75) is 26.8 Å². The number of aromatic nitrogens is 4. The highest BCUT2D eigenvalue weighted by molar-refractivity contribution is 5.98. The second-order valence-corrected chi connectivity index (χ2v) is 8.66. The van der Waals surface area contributed by atoms with Crippen LogP contribution in [0.4, 0.5) is 5.82 Å². The van der Waals surface area contributed by atoms with Crippen molar-refractivity contribution in [3.05, 3.63) is 60.1 Å². The molecule has 6 rings (SSSR count). The van der Waals surface area contributed by atoms with Gasteiger partial charge in [-0.05, 0) is 50.6 Å². The van der Waals surface area contributed by atoms with Crippen LogP contribution in [-0.2, 0) is 4.74 Å². The molecule has 0 unspecified atom stereocenters. The number of aryl methyl sites for hydroxylation is 2. The van der Waals surface area contributed by atoms with Crippen molar-refractivity contribution in [1.29, 1.82) is 0 Å². The number of aromatic amines is 1. The van der Waals surface area contributed by atoms with E-state index in [-0.39, 0.29) is 6.04 Å². The number of hydrogen-bond acceptors (Lipinski definition) is 6. The summed E-state index contributed by atoms with van der Waals surface area (Å²) in [5.41, 5.74) is 5.98. The Kier molecular flexibility index (Phi) is 4.66. The minimum atomic E-state index is 0.218. The van der Waals surface area contributed by atoms with Gasteiger partial charge in [-0.25, -0.2) is 9.97 Å². The molecular weight excluding hydrogens is 414 g/mol. The van der Waals surface area contributed by atoms with Crippen molar-refractivity contribution in [1.82, 2.24) is 20.1 Å². The quantitative estimate of drug-likeness (QED) is 0.412. The van der Waals surface area contributed by atoms with E-state index in [9.17, 15) is 0 Å². The molecule has 33 heavy (non-hydrogen) atoms. The molecule has 166 valence electrons. The Hall–Kier alpha value is -3.71. The second kappa shape index (κ2) is 7.71. The highest BCUT2D eigenvalue weighted by Gasteiger charge is 2.24. The molecule has 0 spiro atoms. The predicted molar refractivity (Wildman–Crippen MR) is 129 cm³/mol. The number of anilines is 1. The molecule has 7 nitrogen and oxygen atoms in total. The lowest BCUT2D eigenvalue weighted by atomic mass is 10.0. The third-order valence-electron chi connectivity index (χ3n) is 6.47. The van der Waals surface area contributed by atoms with E-state index in [1.54, 1.807) is 0 Å². The molecule has 0 saturated carbocycles. The zero-order chi connectivity index (χ0) is 22.5. The van der Waals surface area contributed by atoms with Crippen LogP contribution in [-0.4, -0.2) is 45.9 Å². The van der Waals surface area contributed by atoms with Crippen molar-refractivity contribution in [3.8, 4) is 22.5 Å². The summed E-state index contributed by atoms with van der Waals surface area (Å²) < 4.78 is 11.1. The van der Waals surface area contributed by atoms with Crippen LogP contribution in [0.2, 0.25) is 0 Å². The van der Waals surface area contributed by atoms with Crippen LogP contribution in [0.3, 0.4) is 0 Å². The van der Waals surface area contributed by atoms with E-state index in [1.165, 1.54) is 0 Å². The molecular formula is C26H25N5O2. The number of rotatable bonds is 3. The maximum Gasteiger partial charge on any atom is 0.162 e. The molecule has 0 aliphatic carbocycles. The highest BCUT2D eigenvalue weighted by atomic mass is 16.5. The van der Waals surface area contributed by atoms with Gasteiger partial charge in [-0.2, -0.15) is 0 Å². The van der Waals surface area contributed by atoms with Crippen molar-refractivity contribution in [3.63, 3.8) is 0 Å². The molecule has 1 atom stereocenters. The van der Waals surface area contributed by atoms with Gasteiger partial charge >= 0.3 is 0 Å². The summed E-state index contributed by atoms with van der Waals surface area (Å²) in [6.07, 6.45) is 1.95. The zero-order valence-electron chi connectivity index (χ0n) is 18.9. The number of morpholine rings is 1. The molecule has 0 amide bonds. The van der Waals surface area contributed by atoms with Crippen LogP contribution in [0.1, 0.15) is 18.4 Å². The summed E-state index contributed by atoms with van der Waals surface area (Å²) in [5.74, 6) is 2.48. The van der Waals surface area contributed by atoms with Crippen molar-refractivity contribution >= 4 is 27.6 Å². The summed E-state index contributed by atoms with van der Waals surface area (Å²) in [4.78, 5) is 15.8. The van der Waals surface area contributed by atoms with E-state index in [1.807, 2.05) is 26.1 Å². The summed E-state index contributed by atoms with van der Waals surface area (Å²) in [6.45, 7) is 8.24. The molecule has 0 radical (unpaired) electrons. The standard InChI is InChI=1S/C26H25N5O2/c1-15-14-32-12-11-31(15)26-21-13-18(24-16(2)30-33-17(24)3)7-8-23(21)28-25(29-26)20-5-4-6-22-19(20)9-10-27-22/h4-10,13,15,27H,11-12,14H2,1-3H3/t15-/m1/s1. The van der Waals surface area contributed by atoms with Crippen LogP contribution < -0.4 is 4.90 Å². The van der Waals surface area contributed by atoms with E-state index < -0.39 is 0 Å². The maximum atomic E-state index is 5.71. The van der Waals surface area contributed by atoms with Crippen molar-refractivity contribution in [2.75, 3.05) is 24.7 Å². The largest absolute Gasteiger partial charge is 0.377 e. The molecule has 3 aromatic heterocycles. The predicted octanol–water partition coefficient (Wildman–Crippen LogP) is 5.28. The van der Waals surface area contributed by atoms with Crippen LogP contribution in [0.5, 0.6) is 0 Å². The third kappa shape index (κ3) is 3.27. The number of fused-ring (bicyclic) bond motifs is 2. The number of nitrogens with one attached hydrogen (secondary N) is 1. The lowest BCUT2D eigenvalue weighted by Crippen LogP contribution is -2.44. The first-order chi connectivity index (χ1) is 16.1. The van der Waals surface area contributed by atoms with E-state index in [2.05, 4.69) is 58.4 Å². The lowest BCUT2D eigenvalue weighted by molar-refractivity contribution is 0.0987. The van der Waals surface area contributed by atoms with Gasteiger partial charge in [-0.15, -0.1) is 0 Å². The van der Waals surface area contributed by atoms with Gasteiger partial charge in [0.25, 0.3) is 0 Å². The van der Waals surface area contributed by atoms with Crippen molar-refractivity contribution in [2.24, 2.45) is 0 Å². The number of benzene rings is 2. The van der Waals surface area contributed by atoms with Gasteiger partial charge in [0.05, 0.1) is 30.5 Å². The summed E-state index contributed by atoms with van der Waals surface area (Å²) in [6, 6.07) is 14.8. The third-order valence-corrected chi connectivity index (χ3v) is 6.47. The maximum absolute atomic E-state index is 5.71. The Morgan fingerprint density at radius 1 is 1.06 bits per heavy atom. The first-order valence-electron chi connectivity index (χ1n) is 11.3. The summed E-state index contributed by atoms with van der Waals surface area (Å²) in [5, 5.41) is 6.27. The van der Waals surface area contributed by atoms with E-state index >= 15 is 0 Å². The van der Waals surface area contributed by atoms with Crippen LogP contribution in [0, 0.1) is 13.8 Å². The Morgan fingerprint density at radius 2 is 1.97 bits per heavy atom. The van der Waals surface area contributed by atoms with Crippen LogP contribution >= 0.6 is 0 Å². The minimum absolute atomic E-state index is 0.218. The Morgan fingerprint density at radius 3 is 2.79 bits per heavy atom. The van der Waals surface area contributed by atoms with Gasteiger partial charge < -0.3 is 19.1 Å². The number of ether oxygens (including phenoxy) is 1. The Balaban J connectivity index is 1.60. The molecule has 0 bridgehead atoms. The fourth-order valence-electron chi connectivity index (χ4n) is 4.82. The topological polar surface area (TPSA) is 80.1 Å². The first-order valence-corrected chi connectivity index (χ1v) is 11.3. The molecule has 4 heterocycles. The Bertz CT molecular complexity index is 1470. The average Bonchev–Trinajstić information content (AvgIpc) is 3.44. The molecule has 1 aliphatic rings. The molecule has 2 aromatic carbocycles. The monoisotopic (exact) mass is 439 g/mol. The summed E-state index contributed by atoms with van der Waals surface area (Å²) in [7, 11) is 0. The van der Waals surface area contributed by atoms with Gasteiger partial charge in [0.1, 0.15) is 11.6 Å². The average molecular weight is 440 g/mol.